The molecule has 7 heteroatoms. The first kappa shape index (κ1) is 22.0. The minimum absolute atomic E-state index is 0.0317. The molecule has 0 saturated heterocycles. The van der Waals surface area contributed by atoms with Gasteiger partial charge in [0.25, 0.3) is 11.8 Å². The first-order chi connectivity index (χ1) is 16.1. The molecule has 4 aromatic carbocycles. The predicted octanol–water partition coefficient (Wildman–Crippen LogP) is 4.22. The third kappa shape index (κ3) is 5.72. The number of amides is 2. The number of carbonyl (C=O) groups excluding carboxylic acids is 2. The Balaban J connectivity index is 1.25. The highest BCUT2D eigenvalue weighted by Gasteiger charge is 2.10. The molecule has 4 aromatic rings. The maximum Gasteiger partial charge on any atom is 0.269 e. The Morgan fingerprint density at radius 2 is 1.39 bits per heavy atom. The quantitative estimate of drug-likeness (QED) is 0.310. The fraction of sp³-hybridized carbons (Fsp3) is 0.0385. The number of fused-ring (bicyclic) bond motifs is 1. The molecule has 0 atom stereocenters. The summed E-state index contributed by atoms with van der Waals surface area (Å²) < 4.78 is 5.64. The third-order valence-electron chi connectivity index (χ3n) is 4.91. The zero-order chi connectivity index (χ0) is 23.0. The van der Waals surface area contributed by atoms with Crippen molar-refractivity contribution in [3.05, 3.63) is 103 Å². The zero-order valence-corrected chi connectivity index (χ0v) is 18.4. The molecule has 0 aromatic heterocycles. The highest BCUT2D eigenvalue weighted by Crippen LogP contribution is 2.25. The molecule has 0 heterocycles. The second-order valence-electron chi connectivity index (χ2n) is 7.17. The van der Waals surface area contributed by atoms with Gasteiger partial charge in [-0.3, -0.25) is 25.8 Å². The summed E-state index contributed by atoms with van der Waals surface area (Å²) in [5.41, 5.74) is 7.54. The van der Waals surface area contributed by atoms with E-state index in [0.29, 0.717) is 11.3 Å². The number of ether oxygens (including phenoxy) is 1. The van der Waals surface area contributed by atoms with Crippen LogP contribution in [0.4, 0.5) is 0 Å². The number of benzene rings is 4. The van der Waals surface area contributed by atoms with Gasteiger partial charge in [-0.15, -0.1) is 0 Å². The molecule has 0 unspecified atom stereocenters. The van der Waals surface area contributed by atoms with Gasteiger partial charge < -0.3 is 4.74 Å². The summed E-state index contributed by atoms with van der Waals surface area (Å²) in [4.78, 5) is 24.5. The maximum atomic E-state index is 12.3. The van der Waals surface area contributed by atoms with Gasteiger partial charge in [0.2, 0.25) is 0 Å². The smallest absolute Gasteiger partial charge is 0.269 e. The summed E-state index contributed by atoms with van der Waals surface area (Å²) in [6, 6.07) is 30.4. The van der Waals surface area contributed by atoms with Crippen LogP contribution in [0.5, 0.6) is 5.75 Å². The molecule has 4 rings (SSSR count). The predicted molar refractivity (Wildman–Crippen MR) is 133 cm³/mol. The van der Waals surface area contributed by atoms with Crippen LogP contribution in [0, 0.1) is 0 Å². The molecule has 2 amide bonds. The van der Waals surface area contributed by atoms with Crippen LogP contribution in [-0.2, 0) is 4.79 Å². The number of rotatable bonds is 5. The van der Waals surface area contributed by atoms with Gasteiger partial charge in [0.05, 0.1) is 0 Å². The molecular weight excluding hydrogens is 434 g/mol. The molecule has 0 radical (unpaired) electrons. The van der Waals surface area contributed by atoms with Gasteiger partial charge in [0, 0.05) is 10.9 Å². The van der Waals surface area contributed by atoms with Gasteiger partial charge in [-0.1, -0.05) is 78.9 Å². The van der Waals surface area contributed by atoms with Gasteiger partial charge in [0.1, 0.15) is 5.75 Å². The monoisotopic (exact) mass is 455 g/mol. The van der Waals surface area contributed by atoms with E-state index in [1.807, 2.05) is 78.9 Å². The second kappa shape index (κ2) is 10.4. The summed E-state index contributed by atoms with van der Waals surface area (Å²) in [5, 5.41) is 4.38. The van der Waals surface area contributed by atoms with E-state index in [-0.39, 0.29) is 17.6 Å². The van der Waals surface area contributed by atoms with E-state index in [1.165, 1.54) is 0 Å². The van der Waals surface area contributed by atoms with Crippen molar-refractivity contribution in [2.24, 2.45) is 0 Å². The van der Waals surface area contributed by atoms with Crippen molar-refractivity contribution in [1.82, 2.24) is 16.2 Å². The molecular formula is C26H21N3O3S. The van der Waals surface area contributed by atoms with Gasteiger partial charge in [0.15, 0.2) is 11.7 Å². The molecule has 0 bridgehead atoms. The lowest BCUT2D eigenvalue weighted by Gasteiger charge is -2.12. The minimum Gasteiger partial charge on any atom is -0.483 e. The fourth-order valence-electron chi connectivity index (χ4n) is 3.29. The molecule has 33 heavy (non-hydrogen) atoms. The summed E-state index contributed by atoms with van der Waals surface area (Å²) >= 11 is 5.08. The molecule has 0 aliphatic carbocycles. The van der Waals surface area contributed by atoms with Crippen LogP contribution in [0.2, 0.25) is 0 Å². The van der Waals surface area contributed by atoms with Crippen molar-refractivity contribution in [2.45, 2.75) is 0 Å². The van der Waals surface area contributed by atoms with Crippen molar-refractivity contribution in [3.8, 4) is 16.9 Å². The van der Waals surface area contributed by atoms with E-state index >= 15 is 0 Å². The van der Waals surface area contributed by atoms with Crippen LogP contribution in [0.1, 0.15) is 10.4 Å². The maximum absolute atomic E-state index is 12.3. The van der Waals surface area contributed by atoms with E-state index in [9.17, 15) is 9.59 Å². The Morgan fingerprint density at radius 1 is 0.727 bits per heavy atom. The first-order valence-electron chi connectivity index (χ1n) is 10.3. The van der Waals surface area contributed by atoms with Crippen LogP contribution in [0.25, 0.3) is 21.9 Å². The molecule has 3 N–H and O–H groups in total. The Kier molecular flexibility index (Phi) is 6.92. The number of nitrogens with one attached hydrogen (secondary N) is 3. The normalized spacial score (nSPS) is 10.3. The number of carbonyl (C=O) groups is 2. The molecule has 0 aliphatic rings. The van der Waals surface area contributed by atoms with Crippen LogP contribution in [-0.4, -0.2) is 23.5 Å². The Morgan fingerprint density at radius 3 is 2.18 bits per heavy atom. The lowest BCUT2D eigenvalue weighted by atomic mass is 10.0. The summed E-state index contributed by atoms with van der Waals surface area (Å²) in [5.74, 6) is -0.213. The van der Waals surface area contributed by atoms with Crippen LogP contribution in [0.3, 0.4) is 0 Å². The topological polar surface area (TPSA) is 79.5 Å². The van der Waals surface area contributed by atoms with E-state index in [1.54, 1.807) is 18.2 Å². The SMILES string of the molecule is O=C(COc1cccc2ccccc12)NC(=S)NNC(=O)c1ccc(-c2ccccc2)cc1. The van der Waals surface area contributed by atoms with Crippen molar-refractivity contribution in [2.75, 3.05) is 6.61 Å². The zero-order valence-electron chi connectivity index (χ0n) is 17.6. The largest absolute Gasteiger partial charge is 0.483 e. The van der Waals surface area contributed by atoms with Gasteiger partial charge >= 0.3 is 0 Å². The van der Waals surface area contributed by atoms with E-state index in [4.69, 9.17) is 17.0 Å². The highest BCUT2D eigenvalue weighted by atomic mass is 32.1. The van der Waals surface area contributed by atoms with E-state index < -0.39 is 5.91 Å². The van der Waals surface area contributed by atoms with Crippen LogP contribution in [0.15, 0.2) is 97.1 Å². The lowest BCUT2D eigenvalue weighted by molar-refractivity contribution is -0.121. The first-order valence-corrected chi connectivity index (χ1v) is 10.7. The van der Waals surface area contributed by atoms with Crippen molar-refractivity contribution in [1.29, 1.82) is 0 Å². The van der Waals surface area contributed by atoms with E-state index in [2.05, 4.69) is 16.2 Å². The number of hydrogen-bond acceptors (Lipinski definition) is 4. The molecule has 0 aliphatic heterocycles. The van der Waals surface area contributed by atoms with E-state index in [0.717, 1.165) is 21.9 Å². The molecule has 164 valence electrons. The van der Waals surface area contributed by atoms with Gasteiger partial charge in [-0.05, 0) is 46.9 Å². The average Bonchev–Trinajstić information content (AvgIpc) is 2.86. The summed E-state index contributed by atoms with van der Waals surface area (Å²) in [7, 11) is 0. The van der Waals surface area contributed by atoms with Crippen molar-refractivity contribution < 1.29 is 14.3 Å². The molecule has 0 fully saturated rings. The number of hydrazine groups is 1. The van der Waals surface area contributed by atoms with Crippen LogP contribution >= 0.6 is 12.2 Å². The average molecular weight is 456 g/mol. The third-order valence-corrected chi connectivity index (χ3v) is 5.11. The Labute approximate surface area is 196 Å². The second-order valence-corrected chi connectivity index (χ2v) is 7.57. The van der Waals surface area contributed by atoms with Gasteiger partial charge in [-0.2, -0.15) is 0 Å². The van der Waals surface area contributed by atoms with Gasteiger partial charge in [-0.25, -0.2) is 0 Å². The van der Waals surface area contributed by atoms with Crippen molar-refractivity contribution in [3.63, 3.8) is 0 Å². The standard InChI is InChI=1S/C26H21N3O3S/c30-24(17-32-23-12-6-10-20-9-4-5-11-22(20)23)27-26(33)29-28-25(31)21-15-13-19(14-16-21)18-7-2-1-3-8-18/h1-16H,17H2,(H,28,31)(H2,27,29,30,33). The molecule has 0 spiro atoms. The molecule has 0 saturated carbocycles. The molecule has 6 nitrogen and oxygen atoms in total. The fourth-order valence-corrected chi connectivity index (χ4v) is 3.45. The summed E-state index contributed by atoms with van der Waals surface area (Å²) in [6.45, 7) is -0.218. The number of hydrogen-bond donors (Lipinski definition) is 3. The minimum atomic E-state index is -0.443. The number of thiocarbonyl (C=S) groups is 1. The van der Waals surface area contributed by atoms with Crippen molar-refractivity contribution >= 4 is 39.9 Å². The Hall–Kier alpha value is -4.23. The lowest BCUT2D eigenvalue weighted by Crippen LogP contribution is -2.49. The highest BCUT2D eigenvalue weighted by molar-refractivity contribution is 7.80. The summed E-state index contributed by atoms with van der Waals surface area (Å²) in [6.07, 6.45) is 0. The van der Waals surface area contributed by atoms with Crippen LogP contribution < -0.4 is 20.9 Å². The Bertz CT molecular complexity index is 1290.